The topological polar surface area (TPSA) is 67.6 Å². The fourth-order valence-electron chi connectivity index (χ4n) is 1.70. The molecule has 6 heteroatoms. The second-order valence-corrected chi connectivity index (χ2v) is 5.62. The molecule has 0 bridgehead atoms. The molecule has 4 nitrogen and oxygen atoms in total. The molecule has 90 valence electrons. The minimum atomic E-state index is 0.682. The van der Waals surface area contributed by atoms with Crippen molar-refractivity contribution in [2.75, 3.05) is 5.73 Å². The lowest BCUT2D eigenvalue weighted by Gasteiger charge is -2.00. The first-order valence-corrected chi connectivity index (χ1v) is 6.79. The largest absolute Gasteiger partial charge is 0.398 e. The fraction of sp³-hybridized carbons (Fsp3) is 0. The Morgan fingerprint density at radius 3 is 2.78 bits per heavy atom. The van der Waals surface area contributed by atoms with Crippen molar-refractivity contribution in [2.45, 2.75) is 0 Å². The van der Waals surface area contributed by atoms with Gasteiger partial charge in [0.15, 0.2) is 5.65 Å². The van der Waals surface area contributed by atoms with E-state index in [9.17, 15) is 0 Å². The van der Waals surface area contributed by atoms with Crippen LogP contribution in [-0.4, -0.2) is 15.0 Å². The number of hydrogen-bond donors (Lipinski definition) is 2. The van der Waals surface area contributed by atoms with E-state index in [4.69, 9.17) is 5.73 Å². The minimum absolute atomic E-state index is 0.682. The van der Waals surface area contributed by atoms with Crippen LogP contribution in [0.4, 0.5) is 5.69 Å². The van der Waals surface area contributed by atoms with Crippen molar-refractivity contribution in [3.63, 3.8) is 0 Å². The van der Waals surface area contributed by atoms with E-state index in [1.807, 2.05) is 24.3 Å². The average molecular weight is 368 g/mol. The molecular formula is C12H8Br2N4. The lowest BCUT2D eigenvalue weighted by molar-refractivity contribution is 1.30. The van der Waals surface area contributed by atoms with Crippen molar-refractivity contribution in [3.8, 4) is 11.4 Å². The van der Waals surface area contributed by atoms with E-state index in [-0.39, 0.29) is 0 Å². The SMILES string of the molecule is Nc1cc(-c2nc3ncc(Br)cc3[nH]2)ccc1Br. The van der Waals surface area contributed by atoms with E-state index in [2.05, 4.69) is 46.8 Å². The maximum Gasteiger partial charge on any atom is 0.178 e. The highest BCUT2D eigenvalue weighted by molar-refractivity contribution is 9.10. The highest BCUT2D eigenvalue weighted by Crippen LogP contribution is 2.27. The quantitative estimate of drug-likeness (QED) is 0.644. The van der Waals surface area contributed by atoms with Crippen LogP contribution >= 0.6 is 31.9 Å². The standard InChI is InChI=1S/C12H8Br2N4/c13-7-4-10-12(16-5-7)18-11(17-10)6-1-2-8(14)9(15)3-6/h1-5H,15H2,(H,16,17,18). The Bertz CT molecular complexity index is 736. The third-order valence-electron chi connectivity index (χ3n) is 2.57. The first-order valence-electron chi connectivity index (χ1n) is 5.20. The molecule has 0 aliphatic heterocycles. The van der Waals surface area contributed by atoms with E-state index >= 15 is 0 Å². The van der Waals surface area contributed by atoms with Gasteiger partial charge in [0.1, 0.15) is 5.82 Å². The number of nitrogens with zero attached hydrogens (tertiary/aromatic N) is 2. The number of aromatic amines is 1. The Morgan fingerprint density at radius 1 is 1.17 bits per heavy atom. The highest BCUT2D eigenvalue weighted by atomic mass is 79.9. The Morgan fingerprint density at radius 2 is 2.00 bits per heavy atom. The van der Waals surface area contributed by atoms with Crippen LogP contribution in [0.5, 0.6) is 0 Å². The van der Waals surface area contributed by atoms with Gasteiger partial charge in [-0.1, -0.05) is 0 Å². The van der Waals surface area contributed by atoms with Crippen molar-refractivity contribution >= 4 is 48.7 Å². The van der Waals surface area contributed by atoms with Crippen LogP contribution in [-0.2, 0) is 0 Å². The van der Waals surface area contributed by atoms with Crippen molar-refractivity contribution in [2.24, 2.45) is 0 Å². The van der Waals surface area contributed by atoms with E-state index in [0.717, 1.165) is 25.8 Å². The number of nitrogens with one attached hydrogen (secondary N) is 1. The number of imidazole rings is 1. The maximum atomic E-state index is 5.86. The summed E-state index contributed by atoms with van der Waals surface area (Å²) in [5.74, 6) is 0.759. The van der Waals surface area contributed by atoms with Gasteiger partial charge in [-0.25, -0.2) is 9.97 Å². The minimum Gasteiger partial charge on any atom is -0.398 e. The summed E-state index contributed by atoms with van der Waals surface area (Å²) in [6, 6.07) is 7.67. The van der Waals surface area contributed by atoms with Gasteiger partial charge in [-0.15, -0.1) is 0 Å². The van der Waals surface area contributed by atoms with Gasteiger partial charge in [0.05, 0.1) is 5.52 Å². The van der Waals surface area contributed by atoms with Gasteiger partial charge in [-0.2, -0.15) is 0 Å². The van der Waals surface area contributed by atoms with E-state index in [0.29, 0.717) is 11.3 Å². The number of H-pyrrole nitrogens is 1. The first-order chi connectivity index (χ1) is 8.63. The summed E-state index contributed by atoms with van der Waals surface area (Å²) in [6.45, 7) is 0. The smallest absolute Gasteiger partial charge is 0.178 e. The van der Waals surface area contributed by atoms with Crippen molar-refractivity contribution in [1.29, 1.82) is 0 Å². The Hall–Kier alpha value is -1.40. The second-order valence-electron chi connectivity index (χ2n) is 3.85. The number of benzene rings is 1. The molecule has 2 aromatic heterocycles. The third kappa shape index (κ3) is 2.02. The number of aromatic nitrogens is 3. The van der Waals surface area contributed by atoms with Crippen LogP contribution < -0.4 is 5.73 Å². The molecule has 2 heterocycles. The molecule has 0 spiro atoms. The van der Waals surface area contributed by atoms with Gasteiger partial charge in [-0.3, -0.25) is 0 Å². The summed E-state index contributed by atoms with van der Waals surface area (Å²) < 4.78 is 1.80. The second kappa shape index (κ2) is 4.37. The Kier molecular flexibility index (Phi) is 2.83. The highest BCUT2D eigenvalue weighted by Gasteiger charge is 2.07. The molecule has 0 saturated heterocycles. The molecule has 1 aromatic carbocycles. The number of nitrogens with two attached hydrogens (primary N) is 1. The molecule has 3 N–H and O–H groups in total. The van der Waals surface area contributed by atoms with Gasteiger partial charge < -0.3 is 10.7 Å². The Labute approximate surface area is 120 Å². The van der Waals surface area contributed by atoms with E-state index in [1.54, 1.807) is 6.20 Å². The summed E-state index contributed by atoms with van der Waals surface area (Å²) in [5.41, 5.74) is 9.06. The molecule has 0 aliphatic rings. The Balaban J connectivity index is 2.16. The van der Waals surface area contributed by atoms with E-state index < -0.39 is 0 Å². The number of nitrogen functional groups attached to an aromatic ring is 1. The monoisotopic (exact) mass is 366 g/mol. The maximum absolute atomic E-state index is 5.86. The summed E-state index contributed by atoms with van der Waals surface area (Å²) >= 11 is 6.75. The molecule has 0 fully saturated rings. The number of halogens is 2. The predicted octanol–water partition coefficient (Wildman–Crippen LogP) is 3.73. The lowest BCUT2D eigenvalue weighted by atomic mass is 10.2. The van der Waals surface area contributed by atoms with Crippen LogP contribution in [0.2, 0.25) is 0 Å². The number of pyridine rings is 1. The molecule has 0 aliphatic carbocycles. The predicted molar refractivity (Wildman–Crippen MR) is 79.1 cm³/mol. The number of rotatable bonds is 1. The third-order valence-corrected chi connectivity index (χ3v) is 3.73. The van der Waals surface area contributed by atoms with Crippen LogP contribution in [0.25, 0.3) is 22.6 Å². The molecule has 0 radical (unpaired) electrons. The van der Waals surface area contributed by atoms with Gasteiger partial charge in [0.25, 0.3) is 0 Å². The molecule has 0 unspecified atom stereocenters. The number of hydrogen-bond acceptors (Lipinski definition) is 3. The fourth-order valence-corrected chi connectivity index (χ4v) is 2.28. The molecular weight excluding hydrogens is 360 g/mol. The van der Waals surface area contributed by atoms with Crippen LogP contribution in [0, 0.1) is 0 Å². The zero-order chi connectivity index (χ0) is 12.7. The van der Waals surface area contributed by atoms with Gasteiger partial charge >= 0.3 is 0 Å². The van der Waals surface area contributed by atoms with Crippen molar-refractivity contribution < 1.29 is 0 Å². The van der Waals surface area contributed by atoms with Gasteiger partial charge in [0, 0.05) is 26.4 Å². The van der Waals surface area contributed by atoms with E-state index in [1.165, 1.54) is 0 Å². The molecule has 3 rings (SSSR count). The molecule has 0 saturated carbocycles. The summed E-state index contributed by atoms with van der Waals surface area (Å²) in [4.78, 5) is 11.9. The summed E-state index contributed by atoms with van der Waals surface area (Å²) in [5, 5.41) is 0. The lowest BCUT2D eigenvalue weighted by Crippen LogP contribution is -1.88. The van der Waals surface area contributed by atoms with Crippen LogP contribution in [0.15, 0.2) is 39.4 Å². The zero-order valence-electron chi connectivity index (χ0n) is 9.11. The van der Waals surface area contributed by atoms with Gasteiger partial charge in [-0.05, 0) is 56.1 Å². The molecule has 0 amide bonds. The van der Waals surface area contributed by atoms with Gasteiger partial charge in [0.2, 0.25) is 0 Å². The molecule has 18 heavy (non-hydrogen) atoms. The van der Waals surface area contributed by atoms with Crippen LogP contribution in [0.1, 0.15) is 0 Å². The number of anilines is 1. The van der Waals surface area contributed by atoms with Crippen LogP contribution in [0.3, 0.4) is 0 Å². The number of fused-ring (bicyclic) bond motifs is 1. The zero-order valence-corrected chi connectivity index (χ0v) is 12.3. The average Bonchev–Trinajstić information content (AvgIpc) is 2.75. The van der Waals surface area contributed by atoms with Crippen molar-refractivity contribution in [3.05, 3.63) is 39.4 Å². The molecule has 0 atom stereocenters. The first kappa shape index (κ1) is 11.7. The normalized spacial score (nSPS) is 11.0. The molecule has 3 aromatic rings. The summed E-state index contributed by atoms with van der Waals surface area (Å²) in [7, 11) is 0. The van der Waals surface area contributed by atoms with Crippen molar-refractivity contribution in [1.82, 2.24) is 15.0 Å². The summed E-state index contributed by atoms with van der Waals surface area (Å²) in [6.07, 6.45) is 1.73.